The highest BCUT2D eigenvalue weighted by Gasteiger charge is 2.24. The minimum absolute atomic E-state index is 0.369. The van der Waals surface area contributed by atoms with E-state index in [-0.39, 0.29) is 0 Å². The Bertz CT molecular complexity index is 906. The summed E-state index contributed by atoms with van der Waals surface area (Å²) in [5, 5.41) is 2.87. The number of nitrogens with one attached hydrogen (secondary N) is 1. The summed E-state index contributed by atoms with van der Waals surface area (Å²) in [5.74, 6) is 0. The molecule has 3 N–H and O–H groups in total. The van der Waals surface area contributed by atoms with Crippen LogP contribution in [0.1, 0.15) is 105 Å². The number of nitrogen functional groups attached to an aromatic ring is 1. The largest absolute Gasteiger partial charge is 0.443 e. The fourth-order valence-electron chi connectivity index (χ4n) is 4.40. The molecule has 35 heavy (non-hydrogen) atoms. The zero-order valence-electron chi connectivity index (χ0n) is 23.2. The van der Waals surface area contributed by atoms with E-state index in [9.17, 15) is 4.79 Å². The van der Waals surface area contributed by atoms with E-state index in [4.69, 9.17) is 10.5 Å². The molecule has 2 aromatic carbocycles. The predicted octanol–water partition coefficient (Wildman–Crippen LogP) is 8.99. The molecule has 0 radical (unpaired) electrons. The topological polar surface area (TPSA) is 64.3 Å². The van der Waals surface area contributed by atoms with E-state index in [1.807, 2.05) is 62.4 Å². The molecule has 0 spiro atoms. The molecule has 1 amide bonds. The van der Waals surface area contributed by atoms with Crippen LogP contribution in [0, 0.1) is 10.8 Å². The molecular formula is C31H48N2O2. The Morgan fingerprint density at radius 1 is 0.743 bits per heavy atom. The SMILES string of the molecule is CC(C)(C)CCCC(C)(C)CCCCC(C)(C)OC(=O)Nc1ccc(Cc2ccc(N)cc2)cc1. The van der Waals surface area contributed by atoms with Gasteiger partial charge in [0.15, 0.2) is 0 Å². The van der Waals surface area contributed by atoms with Gasteiger partial charge in [0, 0.05) is 11.4 Å². The Kier molecular flexibility index (Phi) is 10.2. The molecule has 0 aliphatic carbocycles. The van der Waals surface area contributed by atoms with Gasteiger partial charge in [0.2, 0.25) is 0 Å². The number of benzene rings is 2. The Balaban J connectivity index is 1.71. The highest BCUT2D eigenvalue weighted by atomic mass is 16.6. The maximum atomic E-state index is 12.5. The van der Waals surface area contributed by atoms with Crippen LogP contribution in [0.4, 0.5) is 16.2 Å². The normalized spacial score (nSPS) is 12.4. The van der Waals surface area contributed by atoms with Crippen molar-refractivity contribution in [1.82, 2.24) is 0 Å². The Hall–Kier alpha value is -2.49. The van der Waals surface area contributed by atoms with E-state index in [0.29, 0.717) is 10.8 Å². The number of ether oxygens (including phenoxy) is 1. The zero-order chi connectivity index (χ0) is 26.1. The number of carbonyl (C=O) groups excluding carboxylic acids is 1. The quantitative estimate of drug-likeness (QED) is 0.235. The van der Waals surface area contributed by atoms with Crippen LogP contribution in [-0.2, 0) is 11.2 Å². The van der Waals surface area contributed by atoms with Crippen LogP contribution in [0.2, 0.25) is 0 Å². The first-order valence-corrected chi connectivity index (χ1v) is 13.2. The summed E-state index contributed by atoms with van der Waals surface area (Å²) in [4.78, 5) is 12.5. The lowest BCUT2D eigenvalue weighted by molar-refractivity contribution is 0.0397. The second-order valence-corrected chi connectivity index (χ2v) is 12.7. The van der Waals surface area contributed by atoms with Gasteiger partial charge in [0.05, 0.1) is 0 Å². The summed E-state index contributed by atoms with van der Waals surface area (Å²) in [6.45, 7) is 15.7. The van der Waals surface area contributed by atoms with Gasteiger partial charge in [-0.15, -0.1) is 0 Å². The van der Waals surface area contributed by atoms with E-state index in [1.54, 1.807) is 0 Å². The molecule has 0 aromatic heterocycles. The summed E-state index contributed by atoms with van der Waals surface area (Å²) in [6.07, 6.45) is 8.54. The molecule has 2 aromatic rings. The lowest BCUT2D eigenvalue weighted by atomic mass is 9.79. The lowest BCUT2D eigenvalue weighted by Crippen LogP contribution is -2.30. The van der Waals surface area contributed by atoms with Crippen LogP contribution in [0.15, 0.2) is 48.5 Å². The molecule has 4 heteroatoms. The second kappa shape index (κ2) is 12.5. The standard InChI is InChI=1S/C31H48N2O2/c1-29(2,3)19-10-21-30(4,5)20-8-9-22-31(6,7)35-28(34)33-27-17-13-25(14-18-27)23-24-11-15-26(32)16-12-24/h11-18H,8-10,19-23,32H2,1-7H3,(H,33,34). The summed E-state index contributed by atoms with van der Waals surface area (Å²) in [6, 6.07) is 15.8. The number of anilines is 2. The molecular weight excluding hydrogens is 432 g/mol. The molecule has 0 unspecified atom stereocenters. The van der Waals surface area contributed by atoms with Crippen LogP contribution in [0.25, 0.3) is 0 Å². The fraction of sp³-hybridized carbons (Fsp3) is 0.581. The minimum Gasteiger partial charge on any atom is -0.443 e. The van der Waals surface area contributed by atoms with Crippen molar-refractivity contribution in [3.05, 3.63) is 59.7 Å². The van der Waals surface area contributed by atoms with Gasteiger partial charge in [0.1, 0.15) is 5.60 Å². The Morgan fingerprint density at radius 2 is 1.26 bits per heavy atom. The van der Waals surface area contributed by atoms with Crippen LogP contribution in [-0.4, -0.2) is 11.7 Å². The number of hydrogen-bond donors (Lipinski definition) is 2. The van der Waals surface area contributed by atoms with Crippen molar-refractivity contribution in [2.75, 3.05) is 11.1 Å². The van der Waals surface area contributed by atoms with Gasteiger partial charge in [-0.05, 0) is 98.6 Å². The third-order valence-corrected chi connectivity index (χ3v) is 6.62. The maximum Gasteiger partial charge on any atom is 0.412 e. The average Bonchev–Trinajstić information content (AvgIpc) is 2.73. The first kappa shape index (κ1) is 28.7. The molecule has 2 rings (SSSR count). The van der Waals surface area contributed by atoms with E-state index in [2.05, 4.69) is 39.9 Å². The highest BCUT2D eigenvalue weighted by molar-refractivity contribution is 5.84. The van der Waals surface area contributed by atoms with Crippen LogP contribution < -0.4 is 11.1 Å². The van der Waals surface area contributed by atoms with E-state index < -0.39 is 11.7 Å². The van der Waals surface area contributed by atoms with Crippen molar-refractivity contribution in [3.8, 4) is 0 Å². The average molecular weight is 481 g/mol. The molecule has 0 saturated carbocycles. The van der Waals surface area contributed by atoms with Gasteiger partial charge in [0.25, 0.3) is 0 Å². The van der Waals surface area contributed by atoms with Crippen molar-refractivity contribution in [2.45, 2.75) is 105 Å². The van der Waals surface area contributed by atoms with Gasteiger partial charge < -0.3 is 10.5 Å². The Labute approximate surface area is 214 Å². The van der Waals surface area contributed by atoms with Crippen molar-refractivity contribution in [2.24, 2.45) is 10.8 Å². The first-order valence-electron chi connectivity index (χ1n) is 13.2. The molecule has 194 valence electrons. The van der Waals surface area contributed by atoms with Gasteiger partial charge in [-0.1, -0.05) is 71.7 Å². The smallest absolute Gasteiger partial charge is 0.412 e. The highest BCUT2D eigenvalue weighted by Crippen LogP contribution is 2.33. The van der Waals surface area contributed by atoms with Crippen molar-refractivity contribution >= 4 is 17.5 Å². The van der Waals surface area contributed by atoms with E-state index >= 15 is 0 Å². The third kappa shape index (κ3) is 12.2. The van der Waals surface area contributed by atoms with Gasteiger partial charge >= 0.3 is 6.09 Å². The summed E-state index contributed by atoms with van der Waals surface area (Å²) in [5.41, 5.74) is 9.94. The molecule has 4 nitrogen and oxygen atoms in total. The van der Waals surface area contributed by atoms with Crippen LogP contribution in [0.3, 0.4) is 0 Å². The van der Waals surface area contributed by atoms with Crippen molar-refractivity contribution in [1.29, 1.82) is 0 Å². The first-order chi connectivity index (χ1) is 16.2. The molecule has 0 bridgehead atoms. The number of unbranched alkanes of at least 4 members (excludes halogenated alkanes) is 1. The van der Waals surface area contributed by atoms with Crippen molar-refractivity contribution in [3.63, 3.8) is 0 Å². The van der Waals surface area contributed by atoms with E-state index in [0.717, 1.165) is 37.1 Å². The second-order valence-electron chi connectivity index (χ2n) is 12.7. The minimum atomic E-state index is -0.491. The number of nitrogens with two attached hydrogens (primary N) is 1. The predicted molar refractivity (Wildman–Crippen MR) is 150 cm³/mol. The maximum absolute atomic E-state index is 12.5. The summed E-state index contributed by atoms with van der Waals surface area (Å²) >= 11 is 0. The number of amides is 1. The summed E-state index contributed by atoms with van der Waals surface area (Å²) in [7, 11) is 0. The monoisotopic (exact) mass is 480 g/mol. The van der Waals surface area contributed by atoms with Gasteiger partial charge in [-0.25, -0.2) is 4.79 Å². The fourth-order valence-corrected chi connectivity index (χ4v) is 4.40. The Morgan fingerprint density at radius 3 is 1.83 bits per heavy atom. The van der Waals surface area contributed by atoms with Gasteiger partial charge in [-0.2, -0.15) is 0 Å². The van der Waals surface area contributed by atoms with Crippen LogP contribution >= 0.6 is 0 Å². The third-order valence-electron chi connectivity index (χ3n) is 6.62. The van der Waals surface area contributed by atoms with Crippen LogP contribution in [0.5, 0.6) is 0 Å². The molecule has 0 aliphatic heterocycles. The lowest BCUT2D eigenvalue weighted by Gasteiger charge is -2.28. The molecule has 0 saturated heterocycles. The molecule has 0 atom stereocenters. The van der Waals surface area contributed by atoms with E-state index in [1.165, 1.54) is 36.8 Å². The number of hydrogen-bond acceptors (Lipinski definition) is 3. The number of rotatable bonds is 12. The molecule has 0 heterocycles. The summed E-state index contributed by atoms with van der Waals surface area (Å²) < 4.78 is 5.75. The molecule has 0 aliphatic rings. The van der Waals surface area contributed by atoms with Gasteiger partial charge in [-0.3, -0.25) is 5.32 Å². The van der Waals surface area contributed by atoms with Crippen molar-refractivity contribution < 1.29 is 9.53 Å². The zero-order valence-corrected chi connectivity index (χ0v) is 23.2. The number of carbonyl (C=O) groups is 1. The molecule has 0 fully saturated rings.